The minimum atomic E-state index is -0.942. The van der Waals surface area contributed by atoms with E-state index in [0.717, 1.165) is 5.56 Å². The first-order valence-electron chi connectivity index (χ1n) is 6.95. The number of carbonyl (C=O) groups is 2. The summed E-state index contributed by atoms with van der Waals surface area (Å²) in [6.45, 7) is 1.77. The lowest BCUT2D eigenvalue weighted by atomic mass is 9.82. The predicted molar refractivity (Wildman–Crippen MR) is 75.1 cm³/mol. The van der Waals surface area contributed by atoms with Gasteiger partial charge in [-0.05, 0) is 42.9 Å². The summed E-state index contributed by atoms with van der Waals surface area (Å²) in [4.78, 5) is 23.9. The lowest BCUT2D eigenvalue weighted by Crippen LogP contribution is -2.36. The summed E-state index contributed by atoms with van der Waals surface area (Å²) in [7, 11) is 0. The minimum Gasteiger partial charge on any atom is -0.481 e. The molecule has 0 saturated heterocycles. The third kappa shape index (κ3) is 2.33. The number of benzene rings is 1. The van der Waals surface area contributed by atoms with Crippen LogP contribution < -0.4 is 5.32 Å². The first-order chi connectivity index (χ1) is 9.97. The van der Waals surface area contributed by atoms with Crippen LogP contribution in [0.5, 0.6) is 0 Å². The Balaban J connectivity index is 1.83. The highest BCUT2D eigenvalue weighted by atomic mass is 19.1. The lowest BCUT2D eigenvalue weighted by Gasteiger charge is -2.24. The van der Waals surface area contributed by atoms with Gasteiger partial charge in [0.15, 0.2) is 0 Å². The number of allylic oxidation sites excluding steroid dienone is 2. The smallest absolute Gasteiger partial charge is 0.307 e. The summed E-state index contributed by atoms with van der Waals surface area (Å²) in [5.74, 6) is -3.09. The number of carboxylic acids is 1. The Morgan fingerprint density at radius 3 is 2.57 bits per heavy atom. The molecule has 2 aliphatic rings. The number of hydrogen-bond donors (Lipinski definition) is 2. The number of carboxylic acid groups (broad SMARTS) is 1. The van der Waals surface area contributed by atoms with Gasteiger partial charge in [0.2, 0.25) is 5.91 Å². The Morgan fingerprint density at radius 2 is 1.90 bits per heavy atom. The van der Waals surface area contributed by atoms with Gasteiger partial charge in [-0.15, -0.1) is 0 Å². The molecule has 2 bridgehead atoms. The highest BCUT2D eigenvalue weighted by molar-refractivity contribution is 5.96. The summed E-state index contributed by atoms with van der Waals surface area (Å²) in [5.41, 5.74) is 1.14. The highest BCUT2D eigenvalue weighted by Gasteiger charge is 2.51. The molecule has 21 heavy (non-hydrogen) atoms. The van der Waals surface area contributed by atoms with Crippen LogP contribution in [0.25, 0.3) is 0 Å². The standard InChI is InChI=1S/C16H16FNO3/c1-8-2-5-11(17)7-12(8)18-15(19)13-9-3-4-10(6-9)14(13)16(20)21/h2-5,7,9-10,13-14H,6H2,1H3,(H,18,19)(H,20,21)/t9-,10-,13-,14-/m0/s1. The van der Waals surface area contributed by atoms with Gasteiger partial charge in [0.05, 0.1) is 11.8 Å². The zero-order valence-electron chi connectivity index (χ0n) is 11.5. The Bertz CT molecular complexity index is 640. The zero-order valence-corrected chi connectivity index (χ0v) is 11.5. The summed E-state index contributed by atoms with van der Waals surface area (Å²) in [6.07, 6.45) is 4.52. The molecule has 2 N–H and O–H groups in total. The van der Waals surface area contributed by atoms with Crippen LogP contribution in [0.2, 0.25) is 0 Å². The Hall–Kier alpha value is -2.17. The Morgan fingerprint density at radius 1 is 1.24 bits per heavy atom. The van der Waals surface area contributed by atoms with Gasteiger partial charge in [-0.3, -0.25) is 9.59 Å². The van der Waals surface area contributed by atoms with E-state index in [1.165, 1.54) is 12.1 Å². The van der Waals surface area contributed by atoms with Gasteiger partial charge in [0, 0.05) is 5.69 Å². The zero-order chi connectivity index (χ0) is 15.1. The van der Waals surface area contributed by atoms with Gasteiger partial charge in [0.1, 0.15) is 5.82 Å². The molecule has 0 aromatic heterocycles. The molecule has 0 spiro atoms. The second-order valence-corrected chi connectivity index (χ2v) is 5.79. The molecular formula is C16H16FNO3. The van der Waals surface area contributed by atoms with Crippen molar-refractivity contribution >= 4 is 17.6 Å². The van der Waals surface area contributed by atoms with Crippen molar-refractivity contribution in [2.24, 2.45) is 23.7 Å². The Kier molecular flexibility index (Phi) is 3.27. The topological polar surface area (TPSA) is 66.4 Å². The van der Waals surface area contributed by atoms with Crippen molar-refractivity contribution in [3.8, 4) is 0 Å². The quantitative estimate of drug-likeness (QED) is 0.841. The summed E-state index contributed by atoms with van der Waals surface area (Å²) in [5, 5.41) is 12.0. The molecule has 1 amide bonds. The Labute approximate surface area is 121 Å². The van der Waals surface area contributed by atoms with E-state index in [-0.39, 0.29) is 17.7 Å². The predicted octanol–water partition coefficient (Wildman–Crippen LogP) is 2.60. The molecule has 4 atom stereocenters. The van der Waals surface area contributed by atoms with Crippen LogP contribution in [0.1, 0.15) is 12.0 Å². The van der Waals surface area contributed by atoms with Crippen molar-refractivity contribution in [3.05, 3.63) is 41.7 Å². The van der Waals surface area contributed by atoms with E-state index in [1.54, 1.807) is 13.0 Å². The van der Waals surface area contributed by atoms with E-state index in [0.29, 0.717) is 12.1 Å². The third-order valence-electron chi connectivity index (χ3n) is 4.50. The average molecular weight is 289 g/mol. The van der Waals surface area contributed by atoms with E-state index in [4.69, 9.17) is 0 Å². The number of aryl methyl sites for hydroxylation is 1. The number of fused-ring (bicyclic) bond motifs is 2. The first-order valence-corrected chi connectivity index (χ1v) is 6.95. The van der Waals surface area contributed by atoms with Gasteiger partial charge in [-0.25, -0.2) is 4.39 Å². The van der Waals surface area contributed by atoms with Gasteiger partial charge in [0.25, 0.3) is 0 Å². The van der Waals surface area contributed by atoms with Crippen LogP contribution in [0.4, 0.5) is 10.1 Å². The van der Waals surface area contributed by atoms with E-state index in [9.17, 15) is 19.1 Å². The monoisotopic (exact) mass is 289 g/mol. The molecule has 0 radical (unpaired) electrons. The molecule has 0 heterocycles. The number of carbonyl (C=O) groups excluding carboxylic acids is 1. The number of halogens is 1. The second-order valence-electron chi connectivity index (χ2n) is 5.79. The minimum absolute atomic E-state index is 0.0371. The van der Waals surface area contributed by atoms with Crippen LogP contribution in [-0.2, 0) is 9.59 Å². The fraction of sp³-hybridized carbons (Fsp3) is 0.375. The molecule has 2 aliphatic carbocycles. The normalized spacial score (nSPS) is 29.6. The number of nitrogens with one attached hydrogen (secondary N) is 1. The summed E-state index contributed by atoms with van der Waals surface area (Å²) in [6, 6.07) is 4.16. The van der Waals surface area contributed by atoms with Gasteiger partial charge in [-0.1, -0.05) is 18.2 Å². The molecule has 1 fully saturated rings. The van der Waals surface area contributed by atoms with Crippen LogP contribution in [0, 0.1) is 36.4 Å². The van der Waals surface area contributed by atoms with Crippen molar-refractivity contribution in [1.29, 1.82) is 0 Å². The highest BCUT2D eigenvalue weighted by Crippen LogP contribution is 2.48. The second kappa shape index (κ2) is 4.98. The summed E-state index contributed by atoms with van der Waals surface area (Å²) < 4.78 is 13.3. The first kappa shape index (κ1) is 13.8. The number of amides is 1. The van der Waals surface area contributed by atoms with Gasteiger partial charge in [-0.2, -0.15) is 0 Å². The molecule has 3 rings (SSSR count). The SMILES string of the molecule is Cc1ccc(F)cc1NC(=O)[C@@H]1[C@@H](C(=O)O)[C@H]2C=C[C@H]1C2. The van der Waals surface area contributed by atoms with Gasteiger partial charge < -0.3 is 10.4 Å². The maximum Gasteiger partial charge on any atom is 0.307 e. The van der Waals surface area contributed by atoms with Gasteiger partial charge >= 0.3 is 5.97 Å². The largest absolute Gasteiger partial charge is 0.481 e. The van der Waals surface area contributed by atoms with Crippen LogP contribution in [0.3, 0.4) is 0 Å². The number of rotatable bonds is 3. The molecule has 0 unspecified atom stereocenters. The molecule has 5 heteroatoms. The van der Waals surface area contributed by atoms with E-state index >= 15 is 0 Å². The summed E-state index contributed by atoms with van der Waals surface area (Å²) >= 11 is 0. The maximum absolute atomic E-state index is 13.3. The molecule has 0 aliphatic heterocycles. The molecule has 4 nitrogen and oxygen atoms in total. The molecule has 110 valence electrons. The third-order valence-corrected chi connectivity index (χ3v) is 4.50. The van der Waals surface area contributed by atoms with E-state index < -0.39 is 23.6 Å². The van der Waals surface area contributed by atoms with E-state index in [1.807, 2.05) is 12.2 Å². The van der Waals surface area contributed by atoms with Crippen molar-refractivity contribution in [1.82, 2.24) is 0 Å². The molecule has 1 saturated carbocycles. The van der Waals surface area contributed by atoms with Crippen molar-refractivity contribution in [2.75, 3.05) is 5.32 Å². The lowest BCUT2D eigenvalue weighted by molar-refractivity contribution is -0.146. The fourth-order valence-corrected chi connectivity index (χ4v) is 3.46. The molecular weight excluding hydrogens is 273 g/mol. The number of aliphatic carboxylic acids is 1. The van der Waals surface area contributed by atoms with Crippen molar-refractivity contribution in [2.45, 2.75) is 13.3 Å². The van der Waals surface area contributed by atoms with E-state index in [2.05, 4.69) is 5.32 Å². The van der Waals surface area contributed by atoms with Crippen LogP contribution in [0.15, 0.2) is 30.4 Å². The van der Waals surface area contributed by atoms with Crippen molar-refractivity contribution in [3.63, 3.8) is 0 Å². The van der Waals surface area contributed by atoms with Crippen LogP contribution in [-0.4, -0.2) is 17.0 Å². The fourth-order valence-electron chi connectivity index (χ4n) is 3.46. The molecule has 1 aromatic rings. The molecule has 1 aromatic carbocycles. The van der Waals surface area contributed by atoms with Crippen LogP contribution >= 0.6 is 0 Å². The number of anilines is 1. The van der Waals surface area contributed by atoms with Crippen molar-refractivity contribution < 1.29 is 19.1 Å². The number of hydrogen-bond acceptors (Lipinski definition) is 2. The average Bonchev–Trinajstić information content (AvgIpc) is 3.03. The maximum atomic E-state index is 13.3.